The van der Waals surface area contributed by atoms with E-state index in [-0.39, 0.29) is 6.61 Å². The zero-order chi connectivity index (χ0) is 9.68. The highest BCUT2D eigenvalue weighted by atomic mass is 79.9. The van der Waals surface area contributed by atoms with E-state index in [1.165, 1.54) is 0 Å². The second-order valence-electron chi connectivity index (χ2n) is 2.67. The fourth-order valence-corrected chi connectivity index (χ4v) is 1.20. The second-order valence-corrected chi connectivity index (χ2v) is 3.47. The fourth-order valence-electron chi connectivity index (χ4n) is 0.849. The molecule has 1 rings (SSSR count). The van der Waals surface area contributed by atoms with Gasteiger partial charge in [-0.2, -0.15) is 0 Å². The van der Waals surface area contributed by atoms with Crippen LogP contribution in [0.15, 0.2) is 16.7 Å². The van der Waals surface area contributed by atoms with Gasteiger partial charge in [-0.3, -0.25) is 0 Å². The summed E-state index contributed by atoms with van der Waals surface area (Å²) in [6, 6.07) is 1.91. The summed E-state index contributed by atoms with van der Waals surface area (Å²) < 4.78 is 6.22. The Morgan fingerprint density at radius 3 is 3.08 bits per heavy atom. The first kappa shape index (κ1) is 10.5. The van der Waals surface area contributed by atoms with Gasteiger partial charge in [-0.25, -0.2) is 4.98 Å². The Labute approximate surface area is 85.9 Å². The molecule has 0 bridgehead atoms. The zero-order valence-electron chi connectivity index (χ0n) is 7.46. The number of halogens is 1. The zero-order valence-corrected chi connectivity index (χ0v) is 9.04. The molecule has 0 unspecified atom stereocenters. The summed E-state index contributed by atoms with van der Waals surface area (Å²) in [7, 11) is 0. The van der Waals surface area contributed by atoms with E-state index < -0.39 is 0 Å². The molecule has 0 aliphatic carbocycles. The summed E-state index contributed by atoms with van der Waals surface area (Å²) in [4.78, 5) is 4.06. The molecule has 4 heteroatoms. The molecule has 0 aliphatic heterocycles. The van der Waals surface area contributed by atoms with Crippen molar-refractivity contribution in [3.05, 3.63) is 22.3 Å². The Balaban J connectivity index is 2.61. The smallest absolute Gasteiger partial charge is 0.228 e. The molecule has 1 aromatic rings. The minimum atomic E-state index is 0.142. The van der Waals surface area contributed by atoms with E-state index in [2.05, 4.69) is 20.9 Å². The lowest BCUT2D eigenvalue weighted by atomic mass is 10.3. The molecular formula is C9H12BrNO2. The maximum atomic E-state index is 8.56. The Bertz CT molecular complexity index is 278. The van der Waals surface area contributed by atoms with Gasteiger partial charge in [-0.1, -0.05) is 0 Å². The summed E-state index contributed by atoms with van der Waals surface area (Å²) in [5, 5.41) is 8.56. The van der Waals surface area contributed by atoms with Gasteiger partial charge in [-0.05, 0) is 34.5 Å². The number of aromatic nitrogens is 1. The summed E-state index contributed by atoms with van der Waals surface area (Å²) in [5.41, 5.74) is 1.09. The largest absolute Gasteiger partial charge is 0.477 e. The first-order valence-electron chi connectivity index (χ1n) is 4.10. The van der Waals surface area contributed by atoms with Gasteiger partial charge in [0.25, 0.3) is 0 Å². The topological polar surface area (TPSA) is 42.4 Å². The van der Waals surface area contributed by atoms with E-state index in [1.54, 1.807) is 6.20 Å². The summed E-state index contributed by atoms with van der Waals surface area (Å²) in [6.45, 7) is 2.61. The first-order chi connectivity index (χ1) is 6.25. The van der Waals surface area contributed by atoms with Gasteiger partial charge >= 0.3 is 0 Å². The van der Waals surface area contributed by atoms with Crippen LogP contribution in [-0.2, 0) is 0 Å². The molecule has 0 spiro atoms. The van der Waals surface area contributed by atoms with Gasteiger partial charge in [0.2, 0.25) is 5.88 Å². The Hall–Kier alpha value is -0.610. The normalized spacial score (nSPS) is 10.1. The molecule has 72 valence electrons. The van der Waals surface area contributed by atoms with Crippen molar-refractivity contribution in [2.75, 3.05) is 13.2 Å². The van der Waals surface area contributed by atoms with Gasteiger partial charge < -0.3 is 9.84 Å². The van der Waals surface area contributed by atoms with Crippen LogP contribution in [0.3, 0.4) is 0 Å². The third kappa shape index (κ3) is 2.97. The minimum absolute atomic E-state index is 0.142. The van der Waals surface area contributed by atoms with E-state index in [9.17, 15) is 0 Å². The molecule has 0 amide bonds. The predicted octanol–water partition coefficient (Wildman–Crippen LogP) is 1.91. The van der Waals surface area contributed by atoms with Crippen LogP contribution in [0.4, 0.5) is 0 Å². The molecule has 1 N–H and O–H groups in total. The van der Waals surface area contributed by atoms with Crippen molar-refractivity contribution in [2.45, 2.75) is 13.3 Å². The quantitative estimate of drug-likeness (QED) is 0.825. The molecule has 0 atom stereocenters. The molecular weight excluding hydrogens is 234 g/mol. The van der Waals surface area contributed by atoms with E-state index in [0.717, 1.165) is 10.0 Å². The fraction of sp³-hybridized carbons (Fsp3) is 0.444. The number of aliphatic hydroxyl groups is 1. The van der Waals surface area contributed by atoms with Gasteiger partial charge in [0.05, 0.1) is 11.1 Å². The van der Waals surface area contributed by atoms with Crippen LogP contribution in [0.25, 0.3) is 0 Å². The third-order valence-corrected chi connectivity index (χ3v) is 2.56. The maximum Gasteiger partial charge on any atom is 0.228 e. The molecule has 0 fully saturated rings. The lowest BCUT2D eigenvalue weighted by molar-refractivity contribution is 0.228. The van der Waals surface area contributed by atoms with Crippen LogP contribution in [0.5, 0.6) is 5.88 Å². The van der Waals surface area contributed by atoms with E-state index in [4.69, 9.17) is 9.84 Å². The SMILES string of the molecule is Cc1ccnc(OCCCO)c1Br. The van der Waals surface area contributed by atoms with Crippen molar-refractivity contribution < 1.29 is 9.84 Å². The maximum absolute atomic E-state index is 8.56. The Morgan fingerprint density at radius 2 is 2.38 bits per heavy atom. The third-order valence-electron chi connectivity index (χ3n) is 1.59. The highest BCUT2D eigenvalue weighted by molar-refractivity contribution is 9.10. The van der Waals surface area contributed by atoms with Crippen LogP contribution in [0.2, 0.25) is 0 Å². The molecule has 0 aliphatic rings. The number of nitrogens with zero attached hydrogens (tertiary/aromatic N) is 1. The monoisotopic (exact) mass is 245 g/mol. The number of aliphatic hydroxyl groups excluding tert-OH is 1. The van der Waals surface area contributed by atoms with Gasteiger partial charge in [0, 0.05) is 19.2 Å². The van der Waals surface area contributed by atoms with Crippen molar-refractivity contribution in [3.8, 4) is 5.88 Å². The number of pyridine rings is 1. The Morgan fingerprint density at radius 1 is 1.62 bits per heavy atom. The predicted molar refractivity (Wildman–Crippen MR) is 53.9 cm³/mol. The summed E-state index contributed by atoms with van der Waals surface area (Å²) >= 11 is 3.38. The van der Waals surface area contributed by atoms with Gasteiger partial charge in [0.15, 0.2) is 0 Å². The average Bonchev–Trinajstić information content (AvgIpc) is 2.13. The van der Waals surface area contributed by atoms with Crippen LogP contribution < -0.4 is 4.74 Å². The van der Waals surface area contributed by atoms with Crippen molar-refractivity contribution in [1.29, 1.82) is 0 Å². The highest BCUT2D eigenvalue weighted by Gasteiger charge is 2.03. The molecule has 1 aromatic heterocycles. The van der Waals surface area contributed by atoms with E-state index >= 15 is 0 Å². The standard InChI is InChI=1S/C9H12BrNO2/c1-7-3-4-11-9(8(7)10)13-6-2-5-12/h3-4,12H,2,5-6H2,1H3. The summed E-state index contributed by atoms with van der Waals surface area (Å²) in [5.74, 6) is 0.591. The van der Waals surface area contributed by atoms with Gasteiger partial charge in [-0.15, -0.1) is 0 Å². The van der Waals surface area contributed by atoms with E-state index in [0.29, 0.717) is 18.9 Å². The molecule has 0 saturated heterocycles. The number of ether oxygens (including phenoxy) is 1. The molecule has 13 heavy (non-hydrogen) atoms. The molecule has 1 heterocycles. The number of aryl methyl sites for hydroxylation is 1. The van der Waals surface area contributed by atoms with E-state index in [1.807, 2.05) is 13.0 Å². The van der Waals surface area contributed by atoms with Crippen LogP contribution in [-0.4, -0.2) is 23.3 Å². The van der Waals surface area contributed by atoms with Crippen LogP contribution in [0.1, 0.15) is 12.0 Å². The molecule has 0 aromatic carbocycles. The van der Waals surface area contributed by atoms with Crippen molar-refractivity contribution in [3.63, 3.8) is 0 Å². The lowest BCUT2D eigenvalue weighted by Gasteiger charge is -2.06. The molecule has 0 saturated carbocycles. The van der Waals surface area contributed by atoms with Gasteiger partial charge in [0.1, 0.15) is 0 Å². The highest BCUT2D eigenvalue weighted by Crippen LogP contribution is 2.25. The lowest BCUT2D eigenvalue weighted by Crippen LogP contribution is -2.02. The molecule has 0 radical (unpaired) electrons. The minimum Gasteiger partial charge on any atom is -0.477 e. The Kier molecular flexibility index (Phi) is 4.18. The number of hydrogen-bond acceptors (Lipinski definition) is 3. The first-order valence-corrected chi connectivity index (χ1v) is 4.89. The van der Waals surface area contributed by atoms with Crippen molar-refractivity contribution in [1.82, 2.24) is 4.98 Å². The summed E-state index contributed by atoms with van der Waals surface area (Å²) in [6.07, 6.45) is 2.33. The molecule has 3 nitrogen and oxygen atoms in total. The van der Waals surface area contributed by atoms with Crippen LogP contribution >= 0.6 is 15.9 Å². The average molecular weight is 246 g/mol. The van der Waals surface area contributed by atoms with Crippen LogP contribution in [0, 0.1) is 6.92 Å². The van der Waals surface area contributed by atoms with Crippen molar-refractivity contribution >= 4 is 15.9 Å². The second kappa shape index (κ2) is 5.19. The number of rotatable bonds is 4. The van der Waals surface area contributed by atoms with Crippen molar-refractivity contribution in [2.24, 2.45) is 0 Å². The number of hydrogen-bond donors (Lipinski definition) is 1.